The van der Waals surface area contributed by atoms with Gasteiger partial charge >= 0.3 is 19.7 Å². The highest BCUT2D eigenvalue weighted by Gasteiger charge is 2.59. The van der Waals surface area contributed by atoms with Gasteiger partial charge in [-0.15, -0.1) is 11.3 Å². The molecule has 4 saturated heterocycles. The first kappa shape index (κ1) is 45.1. The van der Waals surface area contributed by atoms with Crippen LogP contribution >= 0.6 is 18.9 Å². The van der Waals surface area contributed by atoms with Crippen molar-refractivity contribution >= 4 is 52.7 Å². The summed E-state index contributed by atoms with van der Waals surface area (Å²) in [6, 6.07) is 14.7. The van der Waals surface area contributed by atoms with Gasteiger partial charge in [-0.25, -0.2) is 9.18 Å². The average molecular weight is 895 g/mol. The van der Waals surface area contributed by atoms with Crippen LogP contribution in [0.15, 0.2) is 54.6 Å². The van der Waals surface area contributed by atoms with Crippen LogP contribution < -0.4 is 5.32 Å². The largest absolute Gasteiger partial charge is 0.490 e. The molecule has 8 rings (SSSR count). The fraction of sp³-hybridized carbons (Fsp3) is 0.571. The Bertz CT molecular complexity index is 2180. The number of halogens is 4. The maximum absolute atomic E-state index is 14.8. The predicted octanol–water partition coefficient (Wildman–Crippen LogP) is 6.60. The molecule has 1 spiro atoms. The number of rotatable bonds is 10. The van der Waals surface area contributed by atoms with Crippen LogP contribution in [0.3, 0.4) is 0 Å². The third kappa shape index (κ3) is 9.69. The molecule has 5 fully saturated rings. The minimum absolute atomic E-state index is 0.0252. The fourth-order valence-electron chi connectivity index (χ4n) is 9.64. The van der Waals surface area contributed by atoms with Gasteiger partial charge in [0.1, 0.15) is 12.1 Å². The topological polar surface area (TPSA) is 177 Å². The predicted molar refractivity (Wildman–Crippen MR) is 218 cm³/mol. The van der Waals surface area contributed by atoms with Crippen molar-refractivity contribution in [1.82, 2.24) is 20.0 Å². The lowest BCUT2D eigenvalue weighted by atomic mass is 9.86. The molecule has 6 atom stereocenters. The van der Waals surface area contributed by atoms with Crippen molar-refractivity contribution in [2.45, 2.75) is 113 Å². The molecule has 332 valence electrons. The summed E-state index contributed by atoms with van der Waals surface area (Å²) in [6.45, 7) is 8.18. The Morgan fingerprint density at radius 1 is 1.05 bits per heavy atom. The minimum atomic E-state index is -5.08. The highest BCUT2D eigenvalue weighted by Crippen LogP contribution is 2.55. The number of fused-ring (bicyclic) bond motifs is 2. The maximum Gasteiger partial charge on any atom is 0.490 e. The van der Waals surface area contributed by atoms with Crippen LogP contribution in [0.25, 0.3) is 10.1 Å². The number of benzene rings is 2. The van der Waals surface area contributed by atoms with E-state index in [-0.39, 0.29) is 46.3 Å². The van der Waals surface area contributed by atoms with Gasteiger partial charge in [0.15, 0.2) is 0 Å². The van der Waals surface area contributed by atoms with E-state index in [4.69, 9.17) is 14.6 Å². The Labute approximate surface area is 354 Å². The monoisotopic (exact) mass is 894 g/mol. The molecule has 4 aliphatic heterocycles. The Morgan fingerprint density at radius 2 is 1.74 bits per heavy atom. The van der Waals surface area contributed by atoms with Gasteiger partial charge in [-0.2, -0.15) is 13.2 Å². The van der Waals surface area contributed by atoms with Gasteiger partial charge in [0, 0.05) is 46.7 Å². The number of alkyl halides is 4. The van der Waals surface area contributed by atoms with Crippen molar-refractivity contribution in [3.05, 3.63) is 70.6 Å². The zero-order valence-electron chi connectivity index (χ0n) is 33.9. The summed E-state index contributed by atoms with van der Waals surface area (Å²) in [6.07, 6.45) is 0.994. The van der Waals surface area contributed by atoms with Crippen LogP contribution in [-0.2, 0) is 23.7 Å². The highest BCUT2D eigenvalue weighted by atomic mass is 32.1. The number of amides is 3. The van der Waals surface area contributed by atoms with Crippen molar-refractivity contribution in [2.75, 3.05) is 32.8 Å². The molecular weight excluding hydrogens is 844 g/mol. The summed E-state index contributed by atoms with van der Waals surface area (Å²) in [5.41, 5.74) is 0.992. The molecule has 2 aromatic carbocycles. The number of carbonyl (C=O) groups excluding carboxylic acids is 3. The average Bonchev–Trinajstić information content (AvgIpc) is 3.48. The quantitative estimate of drug-likeness (QED) is 0.128. The first-order valence-electron chi connectivity index (χ1n) is 20.6. The van der Waals surface area contributed by atoms with E-state index in [2.05, 4.69) is 41.1 Å². The van der Waals surface area contributed by atoms with E-state index in [9.17, 15) is 46.3 Å². The molecule has 5 heterocycles. The molecule has 1 aliphatic carbocycles. The van der Waals surface area contributed by atoms with Crippen molar-refractivity contribution in [1.29, 1.82) is 0 Å². The normalized spacial score (nSPS) is 26.2. The van der Waals surface area contributed by atoms with E-state index in [1.807, 2.05) is 23.1 Å². The standard InChI is InChI=1S/C40H50FN4O7PS.C2HF3O2/c1-3-43(22-39(2)23-52-24-39)29-10-12-31(42-36(46)34-18-27-17-26(9-14-33(27)54-34)35(41)53(49,50)51)37(47)45-30(19-29)11-13-32(45)38(48)44-21-28(20-40(44)15-16-40)25-7-5-4-6-8-25;3-2(4,5)1(6)7/h4-9,14,17-18,28-32,35H,3,10-13,15-16,19-24H2,1-2H3,(H,42,46)(H2,49,50,51);(H,6,7)/t28-,29+,30-,31+,32+,35-;/m1./s1. The number of hydrogen-bond donors (Lipinski definition) is 4. The summed E-state index contributed by atoms with van der Waals surface area (Å²) in [4.78, 5) is 77.8. The zero-order valence-corrected chi connectivity index (χ0v) is 35.6. The van der Waals surface area contributed by atoms with Crippen LogP contribution in [-0.4, -0.2) is 122 Å². The molecule has 5 aliphatic rings. The first-order valence-corrected chi connectivity index (χ1v) is 23.1. The molecule has 4 N–H and O–H groups in total. The number of hydrogen-bond acceptors (Lipinski definition) is 8. The zero-order chi connectivity index (χ0) is 44.1. The summed E-state index contributed by atoms with van der Waals surface area (Å²) >= 11 is 1.17. The Hall–Kier alpha value is -3.93. The number of nitrogens with one attached hydrogen (secondary N) is 1. The lowest BCUT2D eigenvalue weighted by Crippen LogP contribution is -2.59. The Morgan fingerprint density at radius 3 is 2.33 bits per heavy atom. The van der Waals surface area contributed by atoms with E-state index < -0.39 is 43.6 Å². The van der Waals surface area contributed by atoms with Gasteiger partial charge in [-0.1, -0.05) is 50.2 Å². The lowest BCUT2D eigenvalue weighted by Gasteiger charge is -2.46. The number of carboxylic acid groups (broad SMARTS) is 1. The van der Waals surface area contributed by atoms with E-state index in [0.717, 1.165) is 45.2 Å². The smallest absolute Gasteiger partial charge is 0.475 e. The van der Waals surface area contributed by atoms with Crippen molar-refractivity contribution in [3.8, 4) is 0 Å². The number of ether oxygens (including phenoxy) is 1. The summed E-state index contributed by atoms with van der Waals surface area (Å²) in [7, 11) is -5.00. The minimum Gasteiger partial charge on any atom is -0.475 e. The van der Waals surface area contributed by atoms with Crippen LogP contribution in [0.1, 0.15) is 97.8 Å². The van der Waals surface area contributed by atoms with Gasteiger partial charge in [-0.3, -0.25) is 23.8 Å². The SMILES string of the molecule is CCN(CC1(C)COC1)[C@H]1CC[C@H](NC(=O)c2cc3cc([C@H](F)P(=O)(O)O)ccc3s2)C(=O)N2[C@H](CC[C@H]2C(=O)N2C[C@H](c3ccccc3)CC23CC3)C1.O=C(O)C(F)(F)F. The van der Waals surface area contributed by atoms with Gasteiger partial charge in [-0.05, 0) is 92.6 Å². The number of thiophene rings is 1. The molecule has 0 unspecified atom stereocenters. The third-order valence-electron chi connectivity index (χ3n) is 12.9. The molecular formula is C42H51F4N4O9PS. The van der Waals surface area contributed by atoms with E-state index in [1.54, 1.807) is 12.1 Å². The van der Waals surface area contributed by atoms with Crippen molar-refractivity contribution < 1.29 is 60.9 Å². The molecule has 1 aromatic heterocycles. The molecule has 19 heteroatoms. The van der Waals surface area contributed by atoms with E-state index in [1.165, 1.54) is 29.0 Å². The summed E-state index contributed by atoms with van der Waals surface area (Å²) in [5, 5.41) is 10.6. The molecule has 3 aromatic rings. The van der Waals surface area contributed by atoms with E-state index >= 15 is 0 Å². The number of carboxylic acids is 1. The number of likely N-dealkylation sites (tertiary alicyclic amines) is 1. The second-order valence-corrected chi connectivity index (χ2v) is 20.2. The molecule has 1 saturated carbocycles. The van der Waals surface area contributed by atoms with Crippen LogP contribution in [0.2, 0.25) is 0 Å². The fourth-order valence-corrected chi connectivity index (χ4v) is 11.1. The lowest BCUT2D eigenvalue weighted by molar-refractivity contribution is -0.192. The van der Waals surface area contributed by atoms with Gasteiger partial charge in [0.25, 0.3) is 5.91 Å². The number of carbonyl (C=O) groups is 4. The first-order chi connectivity index (χ1) is 28.7. The Balaban J connectivity index is 0.000000739. The second kappa shape index (κ2) is 17.3. The third-order valence-corrected chi connectivity index (χ3v) is 14.9. The van der Waals surface area contributed by atoms with Gasteiger partial charge in [0.05, 0.1) is 18.1 Å². The van der Waals surface area contributed by atoms with Crippen LogP contribution in [0, 0.1) is 5.41 Å². The van der Waals surface area contributed by atoms with Gasteiger partial charge in [0.2, 0.25) is 17.7 Å². The van der Waals surface area contributed by atoms with Crippen LogP contribution in [0.5, 0.6) is 0 Å². The summed E-state index contributed by atoms with van der Waals surface area (Å²) < 4.78 is 64.0. The van der Waals surface area contributed by atoms with Crippen molar-refractivity contribution in [2.24, 2.45) is 5.41 Å². The molecule has 13 nitrogen and oxygen atoms in total. The molecule has 61 heavy (non-hydrogen) atoms. The highest BCUT2D eigenvalue weighted by molar-refractivity contribution is 7.51. The summed E-state index contributed by atoms with van der Waals surface area (Å²) in [5.74, 6) is -5.62. The van der Waals surface area contributed by atoms with Crippen LogP contribution in [0.4, 0.5) is 17.6 Å². The second-order valence-electron chi connectivity index (χ2n) is 17.5. The number of aliphatic carboxylic acids is 1. The molecule has 0 radical (unpaired) electrons. The number of nitrogens with zero attached hydrogens (tertiary/aromatic N) is 3. The molecule has 0 bridgehead atoms. The van der Waals surface area contributed by atoms with E-state index in [0.29, 0.717) is 54.0 Å². The Kier molecular flexibility index (Phi) is 12.8. The molecule has 3 amide bonds. The van der Waals surface area contributed by atoms with Crippen molar-refractivity contribution in [3.63, 3.8) is 0 Å². The van der Waals surface area contributed by atoms with Gasteiger partial charge < -0.3 is 34.7 Å². The maximum atomic E-state index is 14.8.